The van der Waals surface area contributed by atoms with Crippen molar-refractivity contribution in [2.45, 2.75) is 51.1 Å². The zero-order valence-electron chi connectivity index (χ0n) is 19.0. The number of ether oxygens (including phenoxy) is 1. The summed E-state index contributed by atoms with van der Waals surface area (Å²) in [5.74, 6) is 3.55. The molecule has 0 saturated carbocycles. The molecule has 7 heteroatoms. The highest BCUT2D eigenvalue weighted by Crippen LogP contribution is 2.39. The molecule has 1 aromatic carbocycles. The topological polar surface area (TPSA) is 53.1 Å². The molecule has 0 aromatic heterocycles. The molecule has 31 heavy (non-hydrogen) atoms. The first kappa shape index (κ1) is 22.5. The van der Waals surface area contributed by atoms with E-state index < -0.39 is 5.54 Å². The third-order valence-corrected chi connectivity index (χ3v) is 8.14. The highest BCUT2D eigenvalue weighted by Gasteiger charge is 2.57. The lowest BCUT2D eigenvalue weighted by atomic mass is 9.85. The molecule has 3 saturated heterocycles. The molecule has 3 heterocycles. The van der Waals surface area contributed by atoms with Crippen LogP contribution in [0.25, 0.3) is 0 Å². The van der Waals surface area contributed by atoms with Crippen LogP contribution in [0.15, 0.2) is 24.3 Å². The molecule has 0 unspecified atom stereocenters. The minimum atomic E-state index is -0.666. The van der Waals surface area contributed by atoms with Crippen molar-refractivity contribution in [1.82, 2.24) is 14.7 Å². The molecule has 1 atom stereocenters. The average molecular weight is 446 g/mol. The molecule has 3 amide bonds. The van der Waals surface area contributed by atoms with Gasteiger partial charge in [0.2, 0.25) is 0 Å². The summed E-state index contributed by atoms with van der Waals surface area (Å²) in [6.07, 6.45) is 3.47. The van der Waals surface area contributed by atoms with Crippen molar-refractivity contribution < 1.29 is 14.3 Å². The van der Waals surface area contributed by atoms with Gasteiger partial charge in [0.25, 0.3) is 5.91 Å². The van der Waals surface area contributed by atoms with Gasteiger partial charge in [-0.3, -0.25) is 14.6 Å². The van der Waals surface area contributed by atoms with E-state index in [1.165, 1.54) is 22.8 Å². The summed E-state index contributed by atoms with van der Waals surface area (Å²) >= 11 is 2.03. The number of urea groups is 1. The van der Waals surface area contributed by atoms with Crippen LogP contribution in [-0.4, -0.2) is 83.0 Å². The predicted molar refractivity (Wildman–Crippen MR) is 125 cm³/mol. The summed E-state index contributed by atoms with van der Waals surface area (Å²) in [7, 11) is 1.66. The third-order valence-electron chi connectivity index (χ3n) is 7.00. The van der Waals surface area contributed by atoms with Gasteiger partial charge in [-0.05, 0) is 55.1 Å². The summed E-state index contributed by atoms with van der Waals surface area (Å²) in [5, 5.41) is 0. The molecule has 0 N–H and O–H groups in total. The molecule has 3 aliphatic heterocycles. The summed E-state index contributed by atoms with van der Waals surface area (Å²) in [4.78, 5) is 32.9. The lowest BCUT2D eigenvalue weighted by molar-refractivity contribution is -0.136. The molecule has 1 aromatic rings. The normalized spacial score (nSPS) is 24.1. The maximum atomic E-state index is 13.6. The molecule has 6 nitrogen and oxygen atoms in total. The van der Waals surface area contributed by atoms with Crippen molar-refractivity contribution in [3.05, 3.63) is 29.8 Å². The highest BCUT2D eigenvalue weighted by molar-refractivity contribution is 7.99. The number of methoxy groups -OCH3 is 1. The van der Waals surface area contributed by atoms with E-state index in [0.717, 1.165) is 43.7 Å². The minimum absolute atomic E-state index is 0.0291. The van der Waals surface area contributed by atoms with E-state index in [-0.39, 0.29) is 17.9 Å². The Morgan fingerprint density at radius 3 is 2.45 bits per heavy atom. The number of thioether (sulfide) groups is 1. The summed E-state index contributed by atoms with van der Waals surface area (Å²) in [6.45, 7) is 7.00. The molecule has 0 bridgehead atoms. The van der Waals surface area contributed by atoms with Crippen molar-refractivity contribution in [1.29, 1.82) is 0 Å². The Hall–Kier alpha value is -1.73. The maximum absolute atomic E-state index is 13.6. The largest absolute Gasteiger partial charge is 0.497 e. The van der Waals surface area contributed by atoms with Crippen LogP contribution in [0, 0.1) is 5.92 Å². The lowest BCUT2D eigenvalue weighted by Crippen LogP contribution is -2.58. The molecule has 170 valence electrons. The minimum Gasteiger partial charge on any atom is -0.497 e. The maximum Gasteiger partial charge on any atom is 0.327 e. The molecule has 0 radical (unpaired) electrons. The van der Waals surface area contributed by atoms with Crippen molar-refractivity contribution in [3.8, 4) is 5.75 Å². The monoisotopic (exact) mass is 445 g/mol. The van der Waals surface area contributed by atoms with Gasteiger partial charge in [0.05, 0.1) is 7.11 Å². The van der Waals surface area contributed by atoms with E-state index in [2.05, 4.69) is 18.7 Å². The van der Waals surface area contributed by atoms with E-state index >= 15 is 0 Å². The fourth-order valence-corrected chi connectivity index (χ4v) is 6.46. The number of carbonyl (C=O) groups is 2. The van der Waals surface area contributed by atoms with Gasteiger partial charge in [-0.1, -0.05) is 26.0 Å². The van der Waals surface area contributed by atoms with Crippen LogP contribution >= 0.6 is 11.8 Å². The average Bonchev–Trinajstić information content (AvgIpc) is 3.37. The van der Waals surface area contributed by atoms with Gasteiger partial charge < -0.3 is 9.64 Å². The highest BCUT2D eigenvalue weighted by atomic mass is 32.2. The molecule has 3 fully saturated rings. The molecule has 3 aliphatic rings. The fourth-order valence-electron chi connectivity index (χ4n) is 5.20. The van der Waals surface area contributed by atoms with Crippen molar-refractivity contribution in [2.24, 2.45) is 5.92 Å². The number of nitrogens with zero attached hydrogens (tertiary/aromatic N) is 3. The molecule has 0 aliphatic carbocycles. The second kappa shape index (κ2) is 9.41. The van der Waals surface area contributed by atoms with Crippen molar-refractivity contribution in [3.63, 3.8) is 0 Å². The molecule has 1 spiro atoms. The third kappa shape index (κ3) is 4.44. The Labute approximate surface area is 190 Å². The molecule has 4 rings (SSSR count). The van der Waals surface area contributed by atoms with Gasteiger partial charge in [0.15, 0.2) is 0 Å². The van der Waals surface area contributed by atoms with E-state index in [4.69, 9.17) is 4.74 Å². The van der Waals surface area contributed by atoms with Crippen LogP contribution in [0.3, 0.4) is 0 Å². The fraction of sp³-hybridized carbons (Fsp3) is 0.667. The first-order valence-corrected chi connectivity index (χ1v) is 12.7. The van der Waals surface area contributed by atoms with Gasteiger partial charge in [-0.25, -0.2) is 4.79 Å². The SMILES string of the molecule is COc1ccc(CCN2C(=O)N(CC(C)C)C(=O)C23CCN([C@H]2CCSC2)CC3)cc1. The number of hydrogen-bond acceptors (Lipinski definition) is 5. The Kier molecular flexibility index (Phi) is 6.82. The second-order valence-corrected chi connectivity index (χ2v) is 10.6. The summed E-state index contributed by atoms with van der Waals surface area (Å²) < 4.78 is 5.25. The lowest BCUT2D eigenvalue weighted by Gasteiger charge is -2.44. The van der Waals surface area contributed by atoms with Gasteiger partial charge in [-0.2, -0.15) is 11.8 Å². The van der Waals surface area contributed by atoms with Crippen LogP contribution in [0.5, 0.6) is 5.75 Å². The first-order valence-electron chi connectivity index (χ1n) is 11.5. The van der Waals surface area contributed by atoms with Crippen molar-refractivity contribution >= 4 is 23.7 Å². The first-order chi connectivity index (χ1) is 14.9. The zero-order chi connectivity index (χ0) is 22.0. The van der Waals surface area contributed by atoms with E-state index in [1.54, 1.807) is 7.11 Å². The number of likely N-dealkylation sites (tertiary alicyclic amines) is 1. The second-order valence-electron chi connectivity index (χ2n) is 9.43. The number of imide groups is 1. The standard InChI is InChI=1S/C24H35N3O3S/c1-18(2)16-26-22(28)24(10-13-25(14-11-24)20-9-15-31-17-20)27(23(26)29)12-8-19-4-6-21(30-3)7-5-19/h4-7,18,20H,8-17H2,1-3H3/t20-/m0/s1. The summed E-state index contributed by atoms with van der Waals surface area (Å²) in [5.41, 5.74) is 0.486. The van der Waals surface area contributed by atoms with Gasteiger partial charge in [0, 0.05) is 38.0 Å². The van der Waals surface area contributed by atoms with Crippen molar-refractivity contribution in [2.75, 3.05) is 44.8 Å². The van der Waals surface area contributed by atoms with Crippen LogP contribution in [0.4, 0.5) is 4.79 Å². The predicted octanol–water partition coefficient (Wildman–Crippen LogP) is 3.50. The van der Waals surface area contributed by atoms with Crippen LogP contribution in [0.1, 0.15) is 38.7 Å². The number of benzene rings is 1. The number of rotatable bonds is 7. The Balaban J connectivity index is 1.51. The smallest absolute Gasteiger partial charge is 0.327 e. The molecular formula is C24H35N3O3S. The van der Waals surface area contributed by atoms with Gasteiger partial charge in [0.1, 0.15) is 11.3 Å². The number of amides is 3. The Morgan fingerprint density at radius 2 is 1.87 bits per heavy atom. The molecular weight excluding hydrogens is 410 g/mol. The number of hydrogen-bond donors (Lipinski definition) is 0. The van der Waals surface area contributed by atoms with Gasteiger partial charge in [-0.15, -0.1) is 0 Å². The van der Waals surface area contributed by atoms with Crippen LogP contribution in [-0.2, 0) is 11.2 Å². The van der Waals surface area contributed by atoms with Crippen LogP contribution in [0.2, 0.25) is 0 Å². The van der Waals surface area contributed by atoms with E-state index in [1.807, 2.05) is 40.9 Å². The van der Waals surface area contributed by atoms with Gasteiger partial charge >= 0.3 is 6.03 Å². The van der Waals surface area contributed by atoms with E-state index in [9.17, 15) is 9.59 Å². The Morgan fingerprint density at radius 1 is 1.16 bits per heavy atom. The van der Waals surface area contributed by atoms with E-state index in [0.29, 0.717) is 19.1 Å². The van der Waals surface area contributed by atoms with Crippen LogP contribution < -0.4 is 4.74 Å². The Bertz CT molecular complexity index is 784. The quantitative estimate of drug-likeness (QED) is 0.602. The zero-order valence-corrected chi connectivity index (χ0v) is 19.8. The number of piperidine rings is 1. The number of carbonyl (C=O) groups excluding carboxylic acids is 2. The summed E-state index contributed by atoms with van der Waals surface area (Å²) in [6, 6.07) is 8.52.